The van der Waals surface area contributed by atoms with Gasteiger partial charge in [0.25, 0.3) is 5.60 Å². The molecule has 0 spiro atoms. The van der Waals surface area contributed by atoms with Crippen LogP contribution in [0.15, 0.2) is 36.4 Å². The monoisotopic (exact) mass is 268 g/mol. The van der Waals surface area contributed by atoms with E-state index < -0.39 is 17.7 Å². The Hall–Kier alpha value is -2.45. The van der Waals surface area contributed by atoms with Crippen molar-refractivity contribution in [2.75, 3.05) is 6.61 Å². The summed E-state index contributed by atoms with van der Waals surface area (Å²) in [5, 5.41) is 10.2. The van der Waals surface area contributed by atoms with E-state index in [1.807, 2.05) is 36.4 Å². The maximum atomic E-state index is 11.8. The lowest BCUT2D eigenvalue weighted by Crippen LogP contribution is -2.26. The topological polar surface area (TPSA) is 75.5 Å². The molecule has 20 heavy (non-hydrogen) atoms. The molecule has 1 saturated heterocycles. The largest absolute Gasteiger partial charge is 0.463 e. The van der Waals surface area contributed by atoms with E-state index in [2.05, 4.69) is 4.98 Å². The molecule has 0 aliphatic carbocycles. The molecule has 0 N–H and O–H groups in total. The number of carbonyl (C=O) groups excluding carboxylic acids is 1. The Balaban J connectivity index is 1.93. The molecule has 1 aromatic heterocycles. The lowest BCUT2D eigenvalue weighted by molar-refractivity contribution is -0.147. The number of nitriles is 1. The van der Waals surface area contributed by atoms with E-state index in [1.54, 1.807) is 13.0 Å². The second-order valence-corrected chi connectivity index (χ2v) is 4.49. The summed E-state index contributed by atoms with van der Waals surface area (Å²) in [6.45, 7) is 1.90. The molecule has 1 fully saturated rings. The van der Waals surface area contributed by atoms with Crippen LogP contribution in [0.1, 0.15) is 18.7 Å². The maximum Gasteiger partial charge on any atom is 0.356 e. The molecule has 3 rings (SSSR count). The average molecular weight is 268 g/mol. The Labute approximate surface area is 115 Å². The van der Waals surface area contributed by atoms with Gasteiger partial charge in [-0.2, -0.15) is 5.26 Å². The fraction of sp³-hybridized carbons (Fsp3) is 0.267. The van der Waals surface area contributed by atoms with Gasteiger partial charge < -0.3 is 9.47 Å². The molecule has 2 aromatic rings. The van der Waals surface area contributed by atoms with Gasteiger partial charge in [-0.15, -0.1) is 0 Å². The molecule has 5 nitrogen and oxygen atoms in total. The van der Waals surface area contributed by atoms with Crippen molar-refractivity contribution in [3.63, 3.8) is 0 Å². The van der Waals surface area contributed by atoms with Gasteiger partial charge in [0.1, 0.15) is 6.07 Å². The molecular formula is C15H12N2O3. The molecule has 1 aromatic carbocycles. The van der Waals surface area contributed by atoms with Crippen LogP contribution in [0.3, 0.4) is 0 Å². The number of epoxide rings is 1. The Morgan fingerprint density at radius 1 is 1.45 bits per heavy atom. The van der Waals surface area contributed by atoms with Crippen molar-refractivity contribution in [2.45, 2.75) is 18.6 Å². The first kappa shape index (κ1) is 12.6. The summed E-state index contributed by atoms with van der Waals surface area (Å²) in [6, 6.07) is 13.2. The molecule has 5 heteroatoms. The summed E-state index contributed by atoms with van der Waals surface area (Å²) < 4.78 is 10.2. The quantitative estimate of drug-likeness (QED) is 0.629. The molecule has 2 atom stereocenters. The third kappa shape index (κ3) is 1.82. The van der Waals surface area contributed by atoms with Crippen LogP contribution < -0.4 is 0 Å². The number of pyridine rings is 1. The van der Waals surface area contributed by atoms with Gasteiger partial charge in [0.15, 0.2) is 6.10 Å². The van der Waals surface area contributed by atoms with Crippen LogP contribution in [0.2, 0.25) is 0 Å². The summed E-state index contributed by atoms with van der Waals surface area (Å²) in [6.07, 6.45) is -0.656. The zero-order valence-corrected chi connectivity index (χ0v) is 10.9. The SMILES string of the molecule is CCOC(=O)C1(C#N)OC1c1ccc2ccccc2n1. The van der Waals surface area contributed by atoms with Gasteiger partial charge in [0, 0.05) is 5.39 Å². The highest BCUT2D eigenvalue weighted by Gasteiger charge is 2.66. The predicted molar refractivity (Wildman–Crippen MR) is 70.5 cm³/mol. The fourth-order valence-corrected chi connectivity index (χ4v) is 2.17. The van der Waals surface area contributed by atoms with Crippen molar-refractivity contribution in [3.05, 3.63) is 42.1 Å². The number of hydrogen-bond acceptors (Lipinski definition) is 5. The summed E-state index contributed by atoms with van der Waals surface area (Å²) in [7, 11) is 0. The van der Waals surface area contributed by atoms with Crippen LogP contribution in [0.25, 0.3) is 10.9 Å². The van der Waals surface area contributed by atoms with Gasteiger partial charge >= 0.3 is 5.97 Å². The van der Waals surface area contributed by atoms with E-state index in [-0.39, 0.29) is 6.61 Å². The Morgan fingerprint density at radius 2 is 2.25 bits per heavy atom. The first-order valence-electron chi connectivity index (χ1n) is 6.33. The van der Waals surface area contributed by atoms with E-state index in [4.69, 9.17) is 9.47 Å². The number of rotatable bonds is 3. The minimum atomic E-state index is -1.54. The number of nitrogens with zero attached hydrogens (tertiary/aromatic N) is 2. The Morgan fingerprint density at radius 3 is 3.00 bits per heavy atom. The van der Waals surface area contributed by atoms with Gasteiger partial charge in [0.2, 0.25) is 0 Å². The van der Waals surface area contributed by atoms with E-state index in [1.165, 1.54) is 0 Å². The van der Waals surface area contributed by atoms with Gasteiger partial charge in [-0.3, -0.25) is 0 Å². The van der Waals surface area contributed by atoms with E-state index >= 15 is 0 Å². The molecule has 0 radical (unpaired) electrons. The van der Waals surface area contributed by atoms with Crippen molar-refractivity contribution < 1.29 is 14.3 Å². The molecule has 1 aliphatic heterocycles. The number of fused-ring (bicyclic) bond motifs is 1. The minimum Gasteiger partial charge on any atom is -0.463 e. The predicted octanol–water partition coefficient (Wildman–Crippen LogP) is 2.13. The highest BCUT2D eigenvalue weighted by Crippen LogP contribution is 2.49. The van der Waals surface area contributed by atoms with E-state index in [9.17, 15) is 10.1 Å². The van der Waals surface area contributed by atoms with Crippen molar-refractivity contribution in [2.24, 2.45) is 0 Å². The summed E-state index contributed by atoms with van der Waals surface area (Å²) in [4.78, 5) is 16.2. The molecule has 0 saturated carbocycles. The van der Waals surface area contributed by atoms with Crippen LogP contribution >= 0.6 is 0 Å². The fourth-order valence-electron chi connectivity index (χ4n) is 2.17. The van der Waals surface area contributed by atoms with Crippen LogP contribution in [-0.4, -0.2) is 23.2 Å². The summed E-state index contributed by atoms with van der Waals surface area (Å²) >= 11 is 0. The molecule has 1 aliphatic rings. The second-order valence-electron chi connectivity index (χ2n) is 4.49. The van der Waals surface area contributed by atoms with Gasteiger partial charge in [-0.25, -0.2) is 9.78 Å². The molecule has 0 amide bonds. The number of para-hydroxylation sites is 1. The highest BCUT2D eigenvalue weighted by atomic mass is 16.7. The third-order valence-corrected chi connectivity index (χ3v) is 3.25. The standard InChI is InChI=1S/C15H12N2O3/c1-2-19-14(18)15(9-16)13(20-15)12-8-7-10-5-3-4-6-11(10)17-12/h3-8,13H,2H2,1H3. The van der Waals surface area contributed by atoms with E-state index in [0.29, 0.717) is 5.69 Å². The van der Waals surface area contributed by atoms with Crippen LogP contribution in [0.5, 0.6) is 0 Å². The van der Waals surface area contributed by atoms with Crippen LogP contribution in [0.4, 0.5) is 0 Å². The number of esters is 1. The zero-order chi connectivity index (χ0) is 14.2. The minimum absolute atomic E-state index is 0.212. The van der Waals surface area contributed by atoms with Crippen LogP contribution in [-0.2, 0) is 14.3 Å². The average Bonchev–Trinajstić information content (AvgIpc) is 3.23. The number of ether oxygens (including phenoxy) is 2. The second kappa shape index (κ2) is 4.58. The molecular weight excluding hydrogens is 256 g/mol. The van der Waals surface area contributed by atoms with Crippen molar-refractivity contribution in [1.29, 1.82) is 5.26 Å². The highest BCUT2D eigenvalue weighted by molar-refractivity contribution is 5.88. The van der Waals surface area contributed by atoms with Crippen LogP contribution in [0, 0.1) is 11.3 Å². The molecule has 0 bridgehead atoms. The number of aromatic nitrogens is 1. The maximum absolute atomic E-state index is 11.8. The lowest BCUT2D eigenvalue weighted by atomic mass is 10.0. The smallest absolute Gasteiger partial charge is 0.356 e. The Kier molecular flexibility index (Phi) is 2.88. The summed E-state index contributed by atoms with van der Waals surface area (Å²) in [5.41, 5.74) is -0.166. The zero-order valence-electron chi connectivity index (χ0n) is 10.9. The van der Waals surface area contributed by atoms with Crippen molar-refractivity contribution in [1.82, 2.24) is 4.98 Å². The van der Waals surface area contributed by atoms with Gasteiger partial charge in [0.05, 0.1) is 17.8 Å². The van der Waals surface area contributed by atoms with Crippen molar-refractivity contribution in [3.8, 4) is 6.07 Å². The third-order valence-electron chi connectivity index (χ3n) is 3.25. The first-order valence-corrected chi connectivity index (χ1v) is 6.33. The number of benzene rings is 1. The van der Waals surface area contributed by atoms with Crippen molar-refractivity contribution >= 4 is 16.9 Å². The molecule has 100 valence electrons. The molecule has 2 heterocycles. The number of hydrogen-bond donors (Lipinski definition) is 0. The molecule has 2 unspecified atom stereocenters. The van der Waals surface area contributed by atoms with Gasteiger partial charge in [-0.1, -0.05) is 24.3 Å². The summed E-state index contributed by atoms with van der Waals surface area (Å²) in [5.74, 6) is -0.651. The van der Waals surface area contributed by atoms with E-state index in [0.717, 1.165) is 10.9 Å². The first-order chi connectivity index (χ1) is 9.71. The normalized spacial score (nSPS) is 24.1. The lowest BCUT2D eigenvalue weighted by Gasteiger charge is -2.04. The van der Waals surface area contributed by atoms with Gasteiger partial charge in [-0.05, 0) is 19.1 Å². The Bertz CT molecular complexity index is 722. The number of carbonyl (C=O) groups is 1.